The van der Waals surface area contributed by atoms with Gasteiger partial charge in [0.2, 0.25) is 0 Å². The summed E-state index contributed by atoms with van der Waals surface area (Å²) in [6, 6.07) is 7.94. The summed E-state index contributed by atoms with van der Waals surface area (Å²) in [5, 5.41) is 4.13. The van der Waals surface area contributed by atoms with Gasteiger partial charge in [0, 0.05) is 30.6 Å². The number of benzene rings is 1. The van der Waals surface area contributed by atoms with Crippen molar-refractivity contribution in [3.8, 4) is 0 Å². The number of fused-ring (bicyclic) bond motifs is 1. The molecule has 0 amide bonds. The van der Waals surface area contributed by atoms with Crippen molar-refractivity contribution in [2.75, 3.05) is 12.3 Å². The van der Waals surface area contributed by atoms with Crippen molar-refractivity contribution in [2.24, 2.45) is 0 Å². The van der Waals surface area contributed by atoms with E-state index in [0.29, 0.717) is 13.1 Å². The van der Waals surface area contributed by atoms with E-state index in [1.807, 2.05) is 30.5 Å². The van der Waals surface area contributed by atoms with Gasteiger partial charge in [-0.25, -0.2) is 0 Å². The van der Waals surface area contributed by atoms with Crippen LogP contribution < -0.4 is 5.32 Å². The summed E-state index contributed by atoms with van der Waals surface area (Å²) in [5.41, 5.74) is -2.04. The zero-order valence-corrected chi connectivity index (χ0v) is 10.4. The molecule has 1 aromatic heterocycles. The molecule has 6 heteroatoms. The maximum Gasteiger partial charge on any atom is 0.441 e. The molecule has 0 aliphatic heterocycles. The molecule has 2 N–H and O–H groups in total. The molecule has 1 aromatic carbocycles. The van der Waals surface area contributed by atoms with E-state index in [0.717, 1.165) is 16.5 Å². The van der Waals surface area contributed by atoms with E-state index in [4.69, 9.17) is 0 Å². The van der Waals surface area contributed by atoms with Crippen LogP contribution in [0.2, 0.25) is 0 Å². The van der Waals surface area contributed by atoms with E-state index in [-0.39, 0.29) is 17.5 Å². The first-order valence-corrected chi connectivity index (χ1v) is 6.50. The highest BCUT2D eigenvalue weighted by atomic mass is 32.2. The number of aromatic amines is 1. The lowest BCUT2D eigenvalue weighted by Crippen LogP contribution is -2.18. The lowest BCUT2D eigenvalue weighted by Gasteiger charge is -2.07. The molecular formula is C12H13F3N2S. The second-order valence-corrected chi connectivity index (χ2v) is 5.03. The summed E-state index contributed by atoms with van der Waals surface area (Å²) in [6.45, 7) is 0.917. The molecule has 2 aromatic rings. The van der Waals surface area contributed by atoms with Crippen LogP contribution in [-0.2, 0) is 6.54 Å². The first kappa shape index (κ1) is 13.3. The molecule has 98 valence electrons. The van der Waals surface area contributed by atoms with Gasteiger partial charge in [0.15, 0.2) is 0 Å². The summed E-state index contributed by atoms with van der Waals surface area (Å²) >= 11 is 0.00397. The maximum absolute atomic E-state index is 11.9. The van der Waals surface area contributed by atoms with Gasteiger partial charge in [0.05, 0.1) is 0 Å². The predicted octanol–water partition coefficient (Wildman–Crippen LogP) is 3.51. The fraction of sp³-hybridized carbons (Fsp3) is 0.333. The molecule has 0 fully saturated rings. The topological polar surface area (TPSA) is 27.8 Å². The quantitative estimate of drug-likeness (QED) is 0.817. The minimum Gasteiger partial charge on any atom is -0.361 e. The number of rotatable bonds is 5. The Kier molecular flexibility index (Phi) is 4.19. The van der Waals surface area contributed by atoms with Crippen LogP contribution in [0.15, 0.2) is 30.5 Å². The first-order valence-electron chi connectivity index (χ1n) is 5.52. The van der Waals surface area contributed by atoms with Crippen LogP contribution in [0.5, 0.6) is 0 Å². The minimum atomic E-state index is -4.13. The molecule has 2 rings (SSSR count). The van der Waals surface area contributed by atoms with Crippen molar-refractivity contribution in [1.29, 1.82) is 0 Å². The van der Waals surface area contributed by atoms with Gasteiger partial charge in [-0.05, 0) is 34.8 Å². The zero-order chi connectivity index (χ0) is 13.0. The van der Waals surface area contributed by atoms with Gasteiger partial charge in [0.25, 0.3) is 0 Å². The highest BCUT2D eigenvalue weighted by Gasteiger charge is 2.27. The molecule has 0 unspecified atom stereocenters. The lowest BCUT2D eigenvalue weighted by molar-refractivity contribution is -0.0327. The molecule has 0 radical (unpaired) electrons. The van der Waals surface area contributed by atoms with Gasteiger partial charge in [-0.15, -0.1) is 0 Å². The summed E-state index contributed by atoms with van der Waals surface area (Å²) < 4.78 is 35.6. The maximum atomic E-state index is 11.9. The third kappa shape index (κ3) is 3.96. The molecule has 0 spiro atoms. The Morgan fingerprint density at radius 2 is 2.06 bits per heavy atom. The number of hydrogen-bond acceptors (Lipinski definition) is 2. The van der Waals surface area contributed by atoms with Gasteiger partial charge >= 0.3 is 5.51 Å². The Labute approximate surface area is 107 Å². The van der Waals surface area contributed by atoms with Crippen LogP contribution in [0.1, 0.15) is 5.56 Å². The first-order chi connectivity index (χ1) is 8.54. The molecule has 0 aliphatic rings. The van der Waals surface area contributed by atoms with Crippen LogP contribution in [0.4, 0.5) is 13.2 Å². The van der Waals surface area contributed by atoms with Crippen molar-refractivity contribution in [3.05, 3.63) is 36.0 Å². The average Bonchev–Trinajstić information content (AvgIpc) is 2.74. The van der Waals surface area contributed by atoms with E-state index in [1.54, 1.807) is 0 Å². The van der Waals surface area contributed by atoms with E-state index >= 15 is 0 Å². The van der Waals surface area contributed by atoms with Crippen molar-refractivity contribution in [1.82, 2.24) is 10.3 Å². The minimum absolute atomic E-state index is 0.00397. The van der Waals surface area contributed by atoms with E-state index in [2.05, 4.69) is 10.3 Å². The second kappa shape index (κ2) is 5.67. The highest BCUT2D eigenvalue weighted by Crippen LogP contribution is 2.29. The number of aromatic nitrogens is 1. The number of halogens is 3. The standard InChI is InChI=1S/C12H13F3N2S/c13-12(14,15)18-6-5-16-8-9-1-2-10-3-4-17-11(10)7-9/h1-4,7,16-17H,5-6,8H2. The summed E-state index contributed by atoms with van der Waals surface area (Å²) in [5.74, 6) is 0.0360. The normalized spacial score (nSPS) is 12.2. The van der Waals surface area contributed by atoms with Gasteiger partial charge in [-0.3, -0.25) is 0 Å². The van der Waals surface area contributed by atoms with Crippen LogP contribution >= 0.6 is 11.8 Å². The predicted molar refractivity (Wildman–Crippen MR) is 68.5 cm³/mol. The van der Waals surface area contributed by atoms with Crippen molar-refractivity contribution in [2.45, 2.75) is 12.1 Å². The second-order valence-electron chi connectivity index (χ2n) is 3.87. The summed E-state index contributed by atoms with van der Waals surface area (Å²) in [7, 11) is 0. The Morgan fingerprint density at radius 3 is 2.83 bits per heavy atom. The molecule has 0 saturated carbocycles. The molecule has 0 bridgehead atoms. The van der Waals surface area contributed by atoms with Crippen LogP contribution in [0.3, 0.4) is 0 Å². The molecular weight excluding hydrogens is 261 g/mol. The molecule has 0 aliphatic carbocycles. The third-order valence-corrected chi connectivity index (χ3v) is 3.23. The Morgan fingerprint density at radius 1 is 1.22 bits per heavy atom. The zero-order valence-electron chi connectivity index (χ0n) is 9.55. The van der Waals surface area contributed by atoms with Crippen molar-refractivity contribution >= 4 is 22.7 Å². The average molecular weight is 274 g/mol. The van der Waals surface area contributed by atoms with E-state index < -0.39 is 5.51 Å². The molecule has 1 heterocycles. The van der Waals surface area contributed by atoms with E-state index in [9.17, 15) is 13.2 Å². The van der Waals surface area contributed by atoms with Crippen LogP contribution in [0.25, 0.3) is 10.9 Å². The summed E-state index contributed by atoms with van der Waals surface area (Å²) in [6.07, 6.45) is 1.86. The molecule has 18 heavy (non-hydrogen) atoms. The molecule has 0 atom stereocenters. The van der Waals surface area contributed by atoms with E-state index in [1.165, 1.54) is 0 Å². The van der Waals surface area contributed by atoms with Gasteiger partial charge in [0.1, 0.15) is 0 Å². The third-order valence-electron chi connectivity index (χ3n) is 2.49. The van der Waals surface area contributed by atoms with Gasteiger partial charge in [-0.1, -0.05) is 12.1 Å². The Hall–Kier alpha value is -1.14. The lowest BCUT2D eigenvalue weighted by atomic mass is 10.1. The van der Waals surface area contributed by atoms with Crippen molar-refractivity contribution < 1.29 is 13.2 Å². The fourth-order valence-electron chi connectivity index (χ4n) is 1.68. The summed E-state index contributed by atoms with van der Waals surface area (Å²) in [4.78, 5) is 3.10. The SMILES string of the molecule is FC(F)(F)SCCNCc1ccc2cc[nH]c2c1. The largest absolute Gasteiger partial charge is 0.441 e. The van der Waals surface area contributed by atoms with Crippen LogP contribution in [0, 0.1) is 0 Å². The fourth-order valence-corrected chi connectivity index (χ4v) is 2.15. The monoisotopic (exact) mass is 274 g/mol. The highest BCUT2D eigenvalue weighted by molar-refractivity contribution is 8.00. The molecule has 0 saturated heterocycles. The van der Waals surface area contributed by atoms with Crippen LogP contribution in [-0.4, -0.2) is 22.8 Å². The Bertz CT molecular complexity index is 507. The number of thioether (sulfide) groups is 1. The number of H-pyrrole nitrogens is 1. The van der Waals surface area contributed by atoms with Crippen molar-refractivity contribution in [3.63, 3.8) is 0 Å². The molecule has 2 nitrogen and oxygen atoms in total. The smallest absolute Gasteiger partial charge is 0.361 e. The van der Waals surface area contributed by atoms with Gasteiger partial charge < -0.3 is 10.3 Å². The number of hydrogen-bond donors (Lipinski definition) is 2. The number of nitrogens with one attached hydrogen (secondary N) is 2. The number of alkyl halides is 3. The van der Waals surface area contributed by atoms with Gasteiger partial charge in [-0.2, -0.15) is 13.2 Å². The Balaban J connectivity index is 1.76.